The Morgan fingerprint density at radius 3 is 2.95 bits per heavy atom. The minimum absolute atomic E-state index is 0.0192. The normalized spacial score (nSPS) is 14.1. The first-order chi connectivity index (χ1) is 10.2. The Hall–Kier alpha value is -2.24. The highest BCUT2D eigenvalue weighted by atomic mass is 16.3. The van der Waals surface area contributed by atoms with Crippen molar-refractivity contribution >= 4 is 11.6 Å². The summed E-state index contributed by atoms with van der Waals surface area (Å²) >= 11 is 0. The van der Waals surface area contributed by atoms with Gasteiger partial charge in [-0.1, -0.05) is 6.92 Å². The van der Waals surface area contributed by atoms with Crippen LogP contribution < -0.4 is 10.6 Å². The second kappa shape index (κ2) is 6.03. The molecule has 21 heavy (non-hydrogen) atoms. The predicted octanol–water partition coefficient (Wildman–Crippen LogP) is 1.93. The van der Waals surface area contributed by atoms with Crippen molar-refractivity contribution in [3.8, 4) is 0 Å². The molecule has 1 aliphatic carbocycles. The molecule has 0 radical (unpaired) electrons. The Kier molecular flexibility index (Phi) is 3.94. The molecule has 6 nitrogen and oxygen atoms in total. The summed E-state index contributed by atoms with van der Waals surface area (Å²) in [5.41, 5.74) is 0.878. The Labute approximate surface area is 123 Å². The number of aryl methyl sites for hydroxylation is 1. The first kappa shape index (κ1) is 13.7. The summed E-state index contributed by atoms with van der Waals surface area (Å²) in [6.45, 7) is 2.94. The molecule has 1 saturated carbocycles. The van der Waals surface area contributed by atoms with Crippen LogP contribution in [-0.4, -0.2) is 21.7 Å². The molecule has 1 fully saturated rings. The molecule has 112 valence electrons. The number of anilines is 1. The van der Waals surface area contributed by atoms with Crippen molar-refractivity contribution in [2.45, 2.75) is 45.3 Å². The molecule has 0 aliphatic heterocycles. The Morgan fingerprint density at radius 2 is 2.24 bits per heavy atom. The van der Waals surface area contributed by atoms with Crippen molar-refractivity contribution in [2.24, 2.45) is 0 Å². The minimum atomic E-state index is 0.0192. The van der Waals surface area contributed by atoms with E-state index < -0.39 is 0 Å². The van der Waals surface area contributed by atoms with Gasteiger partial charge in [-0.15, -0.1) is 0 Å². The summed E-state index contributed by atoms with van der Waals surface area (Å²) < 4.78 is 7.26. The molecule has 2 N–H and O–H groups in total. The summed E-state index contributed by atoms with van der Waals surface area (Å²) in [5, 5.41) is 10.4. The molecule has 1 aliphatic rings. The highest BCUT2D eigenvalue weighted by Crippen LogP contribution is 2.18. The molecule has 0 atom stereocenters. The minimum Gasteiger partial charge on any atom is -0.464 e. The number of aromatic nitrogens is 2. The molecule has 0 spiro atoms. The van der Waals surface area contributed by atoms with E-state index in [-0.39, 0.29) is 12.5 Å². The quantitative estimate of drug-likeness (QED) is 0.816. The van der Waals surface area contributed by atoms with Crippen molar-refractivity contribution in [1.82, 2.24) is 15.1 Å². The zero-order valence-corrected chi connectivity index (χ0v) is 12.1. The van der Waals surface area contributed by atoms with E-state index in [2.05, 4.69) is 22.7 Å². The van der Waals surface area contributed by atoms with Gasteiger partial charge in [-0.05, 0) is 25.0 Å². The van der Waals surface area contributed by atoms with Crippen LogP contribution in [0.15, 0.2) is 28.9 Å². The first-order valence-corrected chi connectivity index (χ1v) is 7.36. The van der Waals surface area contributed by atoms with Crippen molar-refractivity contribution in [1.29, 1.82) is 0 Å². The van der Waals surface area contributed by atoms with Gasteiger partial charge in [0.05, 0.1) is 18.4 Å². The summed E-state index contributed by atoms with van der Waals surface area (Å²) in [7, 11) is 0. The molecule has 0 unspecified atom stereocenters. The number of furan rings is 1. The standard InChI is InChI=1S/C15H20N4O2/c1-2-13-5-6-14(21-13)8-16-12-7-17-19(9-12)10-15(20)18-11-3-4-11/h5-7,9,11,16H,2-4,8,10H2,1H3,(H,18,20). The first-order valence-electron chi connectivity index (χ1n) is 7.36. The van der Waals surface area contributed by atoms with Gasteiger partial charge >= 0.3 is 0 Å². The van der Waals surface area contributed by atoms with Crippen LogP contribution in [0.3, 0.4) is 0 Å². The van der Waals surface area contributed by atoms with Crippen LogP contribution in [0.4, 0.5) is 5.69 Å². The van der Waals surface area contributed by atoms with Gasteiger partial charge in [0.1, 0.15) is 18.1 Å². The topological polar surface area (TPSA) is 72.1 Å². The van der Waals surface area contributed by atoms with Gasteiger partial charge in [-0.25, -0.2) is 0 Å². The van der Waals surface area contributed by atoms with Gasteiger partial charge in [0.15, 0.2) is 0 Å². The van der Waals surface area contributed by atoms with Crippen LogP contribution in [0.25, 0.3) is 0 Å². The molecule has 0 saturated heterocycles. The second-order valence-corrected chi connectivity index (χ2v) is 5.34. The molecule has 2 heterocycles. The summed E-state index contributed by atoms with van der Waals surface area (Å²) in [5.74, 6) is 1.90. The van der Waals surface area contributed by atoms with Gasteiger partial charge in [-0.2, -0.15) is 5.10 Å². The third-order valence-electron chi connectivity index (χ3n) is 3.41. The second-order valence-electron chi connectivity index (χ2n) is 5.34. The molecule has 3 rings (SSSR count). The zero-order valence-electron chi connectivity index (χ0n) is 12.1. The lowest BCUT2D eigenvalue weighted by atomic mass is 10.3. The maximum atomic E-state index is 11.7. The highest BCUT2D eigenvalue weighted by molar-refractivity contribution is 5.76. The molecule has 1 amide bonds. The molecule has 6 heteroatoms. The fourth-order valence-corrected chi connectivity index (χ4v) is 2.09. The molecular formula is C15H20N4O2. The van der Waals surface area contributed by atoms with Crippen LogP contribution in [0, 0.1) is 0 Å². The molecule has 2 aromatic heterocycles. The number of rotatable bonds is 7. The van der Waals surface area contributed by atoms with E-state index in [9.17, 15) is 4.79 Å². The number of hydrogen-bond donors (Lipinski definition) is 2. The van der Waals surface area contributed by atoms with Crippen LogP contribution >= 0.6 is 0 Å². The number of carbonyl (C=O) groups excluding carboxylic acids is 1. The maximum Gasteiger partial charge on any atom is 0.241 e. The van der Waals surface area contributed by atoms with E-state index in [4.69, 9.17) is 4.42 Å². The molecule has 2 aromatic rings. The van der Waals surface area contributed by atoms with E-state index in [0.717, 1.165) is 36.5 Å². The van der Waals surface area contributed by atoms with Gasteiger partial charge < -0.3 is 15.1 Å². The van der Waals surface area contributed by atoms with Gasteiger partial charge in [0.2, 0.25) is 5.91 Å². The third kappa shape index (κ3) is 3.87. The van der Waals surface area contributed by atoms with Crippen molar-refractivity contribution < 1.29 is 9.21 Å². The highest BCUT2D eigenvalue weighted by Gasteiger charge is 2.23. The number of carbonyl (C=O) groups is 1. The van der Waals surface area contributed by atoms with Crippen molar-refractivity contribution in [3.63, 3.8) is 0 Å². The Balaban J connectivity index is 1.48. The lowest BCUT2D eigenvalue weighted by Gasteiger charge is -2.03. The SMILES string of the molecule is CCc1ccc(CNc2cnn(CC(=O)NC3CC3)c2)o1. The van der Waals surface area contributed by atoms with E-state index in [1.807, 2.05) is 18.3 Å². The Bertz CT molecular complexity index is 613. The van der Waals surface area contributed by atoms with Crippen LogP contribution in [0.1, 0.15) is 31.3 Å². The fourth-order valence-electron chi connectivity index (χ4n) is 2.09. The summed E-state index contributed by atoms with van der Waals surface area (Å²) in [6, 6.07) is 4.35. The smallest absolute Gasteiger partial charge is 0.241 e. The average Bonchev–Trinajstić information content (AvgIpc) is 3.00. The van der Waals surface area contributed by atoms with E-state index in [1.54, 1.807) is 10.9 Å². The average molecular weight is 288 g/mol. The van der Waals surface area contributed by atoms with Gasteiger partial charge in [0.25, 0.3) is 0 Å². The fraction of sp³-hybridized carbons (Fsp3) is 0.467. The van der Waals surface area contributed by atoms with Gasteiger partial charge in [-0.3, -0.25) is 9.48 Å². The van der Waals surface area contributed by atoms with E-state index in [0.29, 0.717) is 12.6 Å². The molecule has 0 bridgehead atoms. The van der Waals surface area contributed by atoms with E-state index in [1.165, 1.54) is 0 Å². The van der Waals surface area contributed by atoms with Crippen LogP contribution in [0.2, 0.25) is 0 Å². The Morgan fingerprint density at radius 1 is 1.43 bits per heavy atom. The molecule has 0 aromatic carbocycles. The van der Waals surface area contributed by atoms with Crippen molar-refractivity contribution in [2.75, 3.05) is 5.32 Å². The van der Waals surface area contributed by atoms with E-state index >= 15 is 0 Å². The number of nitrogens with one attached hydrogen (secondary N) is 2. The number of hydrogen-bond acceptors (Lipinski definition) is 4. The third-order valence-corrected chi connectivity index (χ3v) is 3.41. The summed E-state index contributed by atoms with van der Waals surface area (Å²) in [4.78, 5) is 11.7. The number of nitrogens with zero attached hydrogens (tertiary/aromatic N) is 2. The van der Waals surface area contributed by atoms with Crippen LogP contribution in [-0.2, 0) is 24.3 Å². The lowest BCUT2D eigenvalue weighted by Crippen LogP contribution is -2.29. The maximum absolute atomic E-state index is 11.7. The lowest BCUT2D eigenvalue weighted by molar-refractivity contribution is -0.122. The van der Waals surface area contributed by atoms with Crippen molar-refractivity contribution in [3.05, 3.63) is 36.0 Å². The van der Waals surface area contributed by atoms with Crippen LogP contribution in [0.5, 0.6) is 0 Å². The van der Waals surface area contributed by atoms with Gasteiger partial charge in [0, 0.05) is 18.7 Å². The number of amides is 1. The molecular weight excluding hydrogens is 268 g/mol. The zero-order chi connectivity index (χ0) is 14.7. The monoisotopic (exact) mass is 288 g/mol. The largest absolute Gasteiger partial charge is 0.464 e. The summed E-state index contributed by atoms with van der Waals surface area (Å²) in [6.07, 6.45) is 6.64. The predicted molar refractivity (Wildman–Crippen MR) is 78.8 cm³/mol.